The SMILES string of the molecule is O=C(c1ccccn1)N1[C@H](Cc2ccccc2)C[C@@H]2NCCCCC[C@H]21. The molecule has 1 amide bonds. The predicted molar refractivity (Wildman–Crippen MR) is 103 cm³/mol. The van der Waals surface area contributed by atoms with E-state index in [-0.39, 0.29) is 18.0 Å². The van der Waals surface area contributed by atoms with Crippen LogP contribution in [0.5, 0.6) is 0 Å². The molecule has 3 heterocycles. The molecule has 1 aromatic heterocycles. The minimum Gasteiger partial charge on any atom is -0.329 e. The fourth-order valence-electron chi connectivity index (χ4n) is 4.54. The van der Waals surface area contributed by atoms with Gasteiger partial charge in [0.15, 0.2) is 0 Å². The van der Waals surface area contributed by atoms with E-state index in [0.29, 0.717) is 11.7 Å². The number of likely N-dealkylation sites (tertiary alicyclic amines) is 1. The molecule has 0 saturated carbocycles. The number of rotatable bonds is 3. The zero-order valence-corrected chi connectivity index (χ0v) is 15.2. The molecule has 0 spiro atoms. The highest BCUT2D eigenvalue weighted by molar-refractivity contribution is 5.93. The van der Waals surface area contributed by atoms with E-state index in [9.17, 15) is 4.79 Å². The largest absolute Gasteiger partial charge is 0.329 e. The van der Waals surface area contributed by atoms with Gasteiger partial charge < -0.3 is 10.2 Å². The number of benzene rings is 1. The molecule has 2 fully saturated rings. The Morgan fingerprint density at radius 3 is 2.73 bits per heavy atom. The number of aromatic nitrogens is 1. The maximum absolute atomic E-state index is 13.3. The Bertz CT molecular complexity index is 719. The molecule has 26 heavy (non-hydrogen) atoms. The first-order chi connectivity index (χ1) is 12.8. The van der Waals surface area contributed by atoms with E-state index in [1.807, 2.05) is 24.3 Å². The summed E-state index contributed by atoms with van der Waals surface area (Å²) in [7, 11) is 0. The summed E-state index contributed by atoms with van der Waals surface area (Å²) >= 11 is 0. The lowest BCUT2D eigenvalue weighted by Crippen LogP contribution is -2.48. The Kier molecular flexibility index (Phi) is 5.30. The van der Waals surface area contributed by atoms with Crippen LogP contribution in [-0.4, -0.2) is 40.5 Å². The summed E-state index contributed by atoms with van der Waals surface area (Å²) in [6.07, 6.45) is 8.41. The van der Waals surface area contributed by atoms with Gasteiger partial charge in [0.2, 0.25) is 0 Å². The second-order valence-electron chi connectivity index (χ2n) is 7.48. The lowest BCUT2D eigenvalue weighted by atomic mass is 9.98. The zero-order chi connectivity index (χ0) is 17.8. The van der Waals surface area contributed by atoms with Crippen LogP contribution in [0.15, 0.2) is 54.7 Å². The van der Waals surface area contributed by atoms with Crippen LogP contribution in [0.3, 0.4) is 0 Å². The van der Waals surface area contributed by atoms with Crippen molar-refractivity contribution in [3.8, 4) is 0 Å². The number of nitrogens with zero attached hydrogens (tertiary/aromatic N) is 2. The van der Waals surface area contributed by atoms with Crippen LogP contribution in [0.1, 0.15) is 48.2 Å². The lowest BCUT2D eigenvalue weighted by Gasteiger charge is -2.33. The molecule has 4 heteroatoms. The third-order valence-electron chi connectivity index (χ3n) is 5.76. The fraction of sp³-hybridized carbons (Fsp3) is 0.455. The third-order valence-corrected chi connectivity index (χ3v) is 5.76. The molecule has 2 aliphatic rings. The molecule has 0 radical (unpaired) electrons. The van der Waals surface area contributed by atoms with E-state index in [4.69, 9.17) is 0 Å². The van der Waals surface area contributed by atoms with Crippen molar-refractivity contribution in [3.63, 3.8) is 0 Å². The molecule has 0 unspecified atom stereocenters. The van der Waals surface area contributed by atoms with Crippen molar-refractivity contribution in [1.29, 1.82) is 0 Å². The maximum Gasteiger partial charge on any atom is 0.273 e. The van der Waals surface area contributed by atoms with Gasteiger partial charge in [0, 0.05) is 24.3 Å². The third kappa shape index (κ3) is 3.65. The molecule has 2 aromatic rings. The number of hydrogen-bond acceptors (Lipinski definition) is 3. The van der Waals surface area contributed by atoms with Crippen LogP contribution in [-0.2, 0) is 6.42 Å². The van der Waals surface area contributed by atoms with Gasteiger partial charge in [-0.2, -0.15) is 0 Å². The normalized spacial score (nSPS) is 26.0. The van der Waals surface area contributed by atoms with Gasteiger partial charge in [-0.1, -0.05) is 49.2 Å². The fourth-order valence-corrected chi connectivity index (χ4v) is 4.54. The van der Waals surface area contributed by atoms with Gasteiger partial charge in [0.1, 0.15) is 5.69 Å². The van der Waals surface area contributed by atoms with Crippen molar-refractivity contribution in [2.75, 3.05) is 6.54 Å². The topological polar surface area (TPSA) is 45.2 Å². The molecule has 0 bridgehead atoms. The first-order valence-corrected chi connectivity index (χ1v) is 9.84. The van der Waals surface area contributed by atoms with Crippen LogP contribution in [0.4, 0.5) is 0 Å². The first-order valence-electron chi connectivity index (χ1n) is 9.84. The molecule has 0 aliphatic carbocycles. The summed E-state index contributed by atoms with van der Waals surface area (Å²) in [5.74, 6) is 0.0846. The molecule has 4 nitrogen and oxygen atoms in total. The van der Waals surface area contributed by atoms with Gasteiger partial charge in [-0.05, 0) is 49.9 Å². The van der Waals surface area contributed by atoms with E-state index >= 15 is 0 Å². The molecular formula is C22H27N3O. The highest BCUT2D eigenvalue weighted by atomic mass is 16.2. The van der Waals surface area contributed by atoms with Crippen molar-refractivity contribution >= 4 is 5.91 Å². The van der Waals surface area contributed by atoms with Crippen molar-refractivity contribution < 1.29 is 4.79 Å². The summed E-state index contributed by atoms with van der Waals surface area (Å²) in [5.41, 5.74) is 1.86. The first kappa shape index (κ1) is 17.2. The monoisotopic (exact) mass is 349 g/mol. The second kappa shape index (κ2) is 8.00. The summed E-state index contributed by atoms with van der Waals surface area (Å²) in [6, 6.07) is 17.0. The molecule has 2 aliphatic heterocycles. The number of pyridine rings is 1. The molecule has 3 atom stereocenters. The van der Waals surface area contributed by atoms with Gasteiger partial charge in [-0.25, -0.2) is 0 Å². The lowest BCUT2D eigenvalue weighted by molar-refractivity contribution is 0.0636. The van der Waals surface area contributed by atoms with E-state index in [2.05, 4.69) is 39.5 Å². The Morgan fingerprint density at radius 1 is 1.08 bits per heavy atom. The van der Waals surface area contributed by atoms with Gasteiger partial charge >= 0.3 is 0 Å². The molecule has 4 rings (SSSR count). The average Bonchev–Trinajstić information content (AvgIpc) is 2.99. The quantitative estimate of drug-likeness (QED) is 0.923. The summed E-state index contributed by atoms with van der Waals surface area (Å²) in [6.45, 7) is 1.06. The number of carbonyl (C=O) groups is 1. The Labute approximate surface area is 155 Å². The highest BCUT2D eigenvalue weighted by Gasteiger charge is 2.43. The summed E-state index contributed by atoms with van der Waals surface area (Å²) < 4.78 is 0. The van der Waals surface area contributed by atoms with Crippen LogP contribution in [0, 0.1) is 0 Å². The predicted octanol–water partition coefficient (Wildman–Crippen LogP) is 3.44. The van der Waals surface area contributed by atoms with E-state index in [0.717, 1.165) is 25.8 Å². The van der Waals surface area contributed by atoms with Crippen LogP contribution in [0.25, 0.3) is 0 Å². The molecular weight excluding hydrogens is 322 g/mol. The average molecular weight is 349 g/mol. The van der Waals surface area contributed by atoms with Gasteiger partial charge in [0.05, 0.1) is 0 Å². The molecule has 2 saturated heterocycles. The van der Waals surface area contributed by atoms with Gasteiger partial charge in [0.25, 0.3) is 5.91 Å². The summed E-state index contributed by atoms with van der Waals surface area (Å²) in [5, 5.41) is 3.72. The molecule has 1 aromatic carbocycles. The number of amides is 1. The minimum atomic E-state index is 0.0846. The number of carbonyl (C=O) groups excluding carboxylic acids is 1. The van der Waals surface area contributed by atoms with Crippen molar-refractivity contribution in [2.45, 2.75) is 56.7 Å². The Balaban J connectivity index is 1.62. The molecule has 136 valence electrons. The zero-order valence-electron chi connectivity index (χ0n) is 15.2. The number of nitrogens with one attached hydrogen (secondary N) is 1. The van der Waals surface area contributed by atoms with Gasteiger partial charge in [-0.3, -0.25) is 9.78 Å². The van der Waals surface area contributed by atoms with Crippen molar-refractivity contribution in [2.24, 2.45) is 0 Å². The standard InChI is InChI=1S/C22H27N3O/c26-22(19-11-6-8-14-23-19)25-18(15-17-9-3-1-4-10-17)16-20-21(25)12-5-2-7-13-24-20/h1,3-4,6,8-11,14,18,20-21,24H,2,5,7,12-13,15-16H2/t18-,20+,21-/m1/s1. The van der Waals surface area contributed by atoms with Crippen molar-refractivity contribution in [1.82, 2.24) is 15.2 Å². The minimum absolute atomic E-state index is 0.0846. The Hall–Kier alpha value is -2.20. The van der Waals surface area contributed by atoms with Crippen molar-refractivity contribution in [3.05, 3.63) is 66.0 Å². The van der Waals surface area contributed by atoms with Gasteiger partial charge in [-0.15, -0.1) is 0 Å². The number of hydrogen-bond donors (Lipinski definition) is 1. The van der Waals surface area contributed by atoms with Crippen LogP contribution in [0.2, 0.25) is 0 Å². The Morgan fingerprint density at radius 2 is 1.92 bits per heavy atom. The number of fused-ring (bicyclic) bond motifs is 1. The van der Waals surface area contributed by atoms with E-state index < -0.39 is 0 Å². The molecule has 1 N–H and O–H groups in total. The smallest absolute Gasteiger partial charge is 0.273 e. The van der Waals surface area contributed by atoms with Crippen LogP contribution >= 0.6 is 0 Å². The van der Waals surface area contributed by atoms with E-state index in [1.54, 1.807) is 6.20 Å². The van der Waals surface area contributed by atoms with E-state index in [1.165, 1.54) is 24.8 Å². The van der Waals surface area contributed by atoms with Crippen LogP contribution < -0.4 is 5.32 Å². The summed E-state index contributed by atoms with van der Waals surface area (Å²) in [4.78, 5) is 19.8. The highest BCUT2D eigenvalue weighted by Crippen LogP contribution is 2.32. The maximum atomic E-state index is 13.3. The second-order valence-corrected chi connectivity index (χ2v) is 7.48.